The van der Waals surface area contributed by atoms with E-state index in [4.69, 9.17) is 27.9 Å². The van der Waals surface area contributed by atoms with Crippen LogP contribution >= 0.6 is 23.2 Å². The molecule has 0 aliphatic rings. The Hall–Kier alpha value is -2.94. The van der Waals surface area contributed by atoms with Gasteiger partial charge in [-0.2, -0.15) is 0 Å². The number of carbonyl (C=O) groups excluding carboxylic acids is 1. The zero-order valence-electron chi connectivity index (χ0n) is 14.1. The number of amides is 2. The predicted molar refractivity (Wildman–Crippen MR) is 108 cm³/mol. The van der Waals surface area contributed by atoms with Gasteiger partial charge in [0.05, 0.1) is 16.6 Å². The third-order valence-corrected chi connectivity index (χ3v) is 4.27. The van der Waals surface area contributed by atoms with E-state index in [0.717, 1.165) is 10.9 Å². The average Bonchev–Trinajstić information content (AvgIpc) is 2.67. The van der Waals surface area contributed by atoms with Crippen molar-refractivity contribution in [3.05, 3.63) is 64.8 Å². The maximum absolute atomic E-state index is 11.8. The highest BCUT2D eigenvalue weighted by atomic mass is 35.5. The van der Waals surface area contributed by atoms with Crippen molar-refractivity contribution in [2.75, 3.05) is 18.5 Å². The molecule has 1 aromatic heterocycles. The minimum atomic E-state index is -0.387. The minimum Gasteiger partial charge on any atom is -0.479 e. The van der Waals surface area contributed by atoms with Gasteiger partial charge in [0, 0.05) is 17.3 Å². The summed E-state index contributed by atoms with van der Waals surface area (Å²) in [5.74, 6) is 6.35. The van der Waals surface area contributed by atoms with Crippen LogP contribution in [0.1, 0.15) is 0 Å². The highest BCUT2D eigenvalue weighted by Gasteiger charge is 2.03. The lowest BCUT2D eigenvalue weighted by molar-refractivity contribution is 0.253. The fourth-order valence-corrected chi connectivity index (χ4v) is 2.59. The van der Waals surface area contributed by atoms with E-state index >= 15 is 0 Å². The van der Waals surface area contributed by atoms with E-state index < -0.39 is 0 Å². The molecule has 0 spiro atoms. The van der Waals surface area contributed by atoms with Crippen LogP contribution in [0.2, 0.25) is 10.0 Å². The summed E-state index contributed by atoms with van der Waals surface area (Å²) in [5, 5.41) is 7.07. The Bertz CT molecular complexity index is 1020. The van der Waals surface area contributed by atoms with Gasteiger partial charge in [-0.1, -0.05) is 53.2 Å². The molecule has 7 heteroatoms. The Balaban J connectivity index is 1.45. The number of nitrogens with one attached hydrogen (secondary N) is 2. The Labute approximate surface area is 166 Å². The third kappa shape index (κ3) is 5.27. The molecular formula is C20H15Cl2N3O2. The SMILES string of the molecule is O=C(NCC#CCOc1cccc2cccnc12)Nc1ccc(Cl)c(Cl)c1. The first-order valence-electron chi connectivity index (χ1n) is 8.05. The molecule has 0 atom stereocenters. The number of urea groups is 1. The first kappa shape index (κ1) is 18.8. The molecule has 5 nitrogen and oxygen atoms in total. The first-order chi connectivity index (χ1) is 13.1. The van der Waals surface area contributed by atoms with Crippen molar-refractivity contribution in [3.8, 4) is 17.6 Å². The van der Waals surface area contributed by atoms with Gasteiger partial charge in [-0.3, -0.25) is 4.98 Å². The van der Waals surface area contributed by atoms with Crippen LogP contribution in [0.4, 0.5) is 10.5 Å². The zero-order valence-corrected chi connectivity index (χ0v) is 15.6. The van der Waals surface area contributed by atoms with Crippen LogP contribution < -0.4 is 15.4 Å². The molecule has 136 valence electrons. The Morgan fingerprint density at radius 3 is 2.78 bits per heavy atom. The molecule has 0 aliphatic heterocycles. The standard InChI is InChI=1S/C20H15Cl2N3O2/c21-16-9-8-15(13-17(16)22)25-20(26)24-10-1-2-12-27-18-7-3-5-14-6-4-11-23-19(14)18/h3-9,11,13H,10,12H2,(H2,24,25,26). The smallest absolute Gasteiger partial charge is 0.319 e. The number of pyridine rings is 1. The molecule has 0 radical (unpaired) electrons. The number of hydrogen-bond acceptors (Lipinski definition) is 3. The summed E-state index contributed by atoms with van der Waals surface area (Å²) in [6.45, 7) is 0.385. The van der Waals surface area contributed by atoms with Crippen LogP contribution in [0.3, 0.4) is 0 Å². The Morgan fingerprint density at radius 2 is 1.93 bits per heavy atom. The lowest BCUT2D eigenvalue weighted by Crippen LogP contribution is -2.28. The van der Waals surface area contributed by atoms with E-state index in [2.05, 4.69) is 27.5 Å². The van der Waals surface area contributed by atoms with Crippen molar-refractivity contribution in [1.29, 1.82) is 0 Å². The van der Waals surface area contributed by atoms with Gasteiger partial charge >= 0.3 is 6.03 Å². The van der Waals surface area contributed by atoms with Gasteiger partial charge in [-0.15, -0.1) is 0 Å². The van der Waals surface area contributed by atoms with E-state index in [0.29, 0.717) is 21.5 Å². The molecule has 0 fully saturated rings. The molecule has 2 amide bonds. The second-order valence-corrected chi connectivity index (χ2v) is 6.22. The summed E-state index contributed by atoms with van der Waals surface area (Å²) in [6, 6.07) is 14.0. The molecule has 0 bridgehead atoms. The number of benzene rings is 2. The lowest BCUT2D eigenvalue weighted by Gasteiger charge is -2.06. The monoisotopic (exact) mass is 399 g/mol. The summed E-state index contributed by atoms with van der Waals surface area (Å²) < 4.78 is 5.65. The number of ether oxygens (including phenoxy) is 1. The van der Waals surface area contributed by atoms with E-state index in [9.17, 15) is 4.79 Å². The topological polar surface area (TPSA) is 63.2 Å². The molecule has 1 heterocycles. The van der Waals surface area contributed by atoms with Gasteiger partial charge in [-0.05, 0) is 30.3 Å². The number of carbonyl (C=O) groups is 1. The maximum Gasteiger partial charge on any atom is 0.319 e. The third-order valence-electron chi connectivity index (χ3n) is 3.54. The maximum atomic E-state index is 11.8. The second-order valence-electron chi connectivity index (χ2n) is 5.41. The molecule has 2 aromatic carbocycles. The molecule has 0 saturated carbocycles. The fraction of sp³-hybridized carbons (Fsp3) is 0.100. The highest BCUT2D eigenvalue weighted by molar-refractivity contribution is 6.42. The fourth-order valence-electron chi connectivity index (χ4n) is 2.29. The molecule has 0 saturated heterocycles. The number of hydrogen-bond donors (Lipinski definition) is 2. The largest absolute Gasteiger partial charge is 0.479 e. The van der Waals surface area contributed by atoms with Crippen molar-refractivity contribution >= 4 is 45.8 Å². The number of nitrogens with zero attached hydrogens (tertiary/aromatic N) is 1. The summed E-state index contributed by atoms with van der Waals surface area (Å²) in [4.78, 5) is 16.1. The minimum absolute atomic E-state index is 0.185. The van der Waals surface area contributed by atoms with Crippen molar-refractivity contribution in [2.24, 2.45) is 0 Å². The van der Waals surface area contributed by atoms with Crippen molar-refractivity contribution in [1.82, 2.24) is 10.3 Å². The quantitative estimate of drug-likeness (QED) is 0.622. The lowest BCUT2D eigenvalue weighted by atomic mass is 10.2. The number of halogens is 2. The normalized spacial score (nSPS) is 10.0. The van der Waals surface area contributed by atoms with Crippen LogP contribution in [0.15, 0.2) is 54.7 Å². The van der Waals surface area contributed by atoms with Crippen LogP contribution in [0, 0.1) is 11.8 Å². The number of fused-ring (bicyclic) bond motifs is 1. The summed E-state index contributed by atoms with van der Waals surface area (Å²) in [6.07, 6.45) is 1.72. The number of para-hydroxylation sites is 1. The van der Waals surface area contributed by atoms with E-state index in [1.54, 1.807) is 24.4 Å². The van der Waals surface area contributed by atoms with Crippen molar-refractivity contribution in [3.63, 3.8) is 0 Å². The molecule has 2 N–H and O–H groups in total. The van der Waals surface area contributed by atoms with Gasteiger partial charge in [0.25, 0.3) is 0 Å². The molecule has 0 unspecified atom stereocenters. The van der Waals surface area contributed by atoms with Crippen LogP contribution in [-0.4, -0.2) is 24.2 Å². The molecule has 0 aliphatic carbocycles. The first-order valence-corrected chi connectivity index (χ1v) is 8.81. The summed E-state index contributed by atoms with van der Waals surface area (Å²) in [5.41, 5.74) is 1.34. The van der Waals surface area contributed by atoms with Crippen LogP contribution in [-0.2, 0) is 0 Å². The summed E-state index contributed by atoms with van der Waals surface area (Å²) in [7, 11) is 0. The predicted octanol–water partition coefficient (Wildman–Crippen LogP) is 4.75. The summed E-state index contributed by atoms with van der Waals surface area (Å²) >= 11 is 11.7. The van der Waals surface area contributed by atoms with E-state index in [1.165, 1.54) is 0 Å². The van der Waals surface area contributed by atoms with Gasteiger partial charge in [-0.25, -0.2) is 4.79 Å². The molecular weight excluding hydrogens is 385 g/mol. The average molecular weight is 400 g/mol. The Kier molecular flexibility index (Phi) is 6.37. The molecule has 27 heavy (non-hydrogen) atoms. The van der Waals surface area contributed by atoms with Gasteiger partial charge in [0.1, 0.15) is 17.9 Å². The molecule has 3 rings (SSSR count). The second kappa shape index (κ2) is 9.13. The van der Waals surface area contributed by atoms with Crippen molar-refractivity contribution < 1.29 is 9.53 Å². The van der Waals surface area contributed by atoms with E-state index in [1.807, 2.05) is 30.3 Å². The van der Waals surface area contributed by atoms with Gasteiger partial charge in [0.15, 0.2) is 0 Å². The van der Waals surface area contributed by atoms with Crippen molar-refractivity contribution in [2.45, 2.75) is 0 Å². The van der Waals surface area contributed by atoms with E-state index in [-0.39, 0.29) is 19.2 Å². The number of aromatic nitrogens is 1. The number of anilines is 1. The zero-order chi connectivity index (χ0) is 19.1. The Morgan fingerprint density at radius 1 is 1.07 bits per heavy atom. The molecule has 3 aromatic rings. The highest BCUT2D eigenvalue weighted by Crippen LogP contribution is 2.25. The van der Waals surface area contributed by atoms with Gasteiger partial charge in [0.2, 0.25) is 0 Å². The van der Waals surface area contributed by atoms with Crippen LogP contribution in [0.25, 0.3) is 10.9 Å². The number of rotatable bonds is 4. The van der Waals surface area contributed by atoms with Gasteiger partial charge < -0.3 is 15.4 Å². The van der Waals surface area contributed by atoms with Crippen LogP contribution in [0.5, 0.6) is 5.75 Å².